The molecule has 0 amide bonds. The molecule has 3 rings (SSSR count). The number of hydrogen-bond acceptors (Lipinski definition) is 3. The summed E-state index contributed by atoms with van der Waals surface area (Å²) in [5.74, 6) is 0. The normalized spacial score (nSPS) is 32.6. The van der Waals surface area contributed by atoms with Crippen molar-refractivity contribution in [3.8, 4) is 0 Å². The molecule has 3 heteroatoms. The van der Waals surface area contributed by atoms with Gasteiger partial charge in [0.15, 0.2) is 0 Å². The lowest BCUT2D eigenvalue weighted by molar-refractivity contribution is -0.0935. The molecule has 0 aromatic heterocycles. The van der Waals surface area contributed by atoms with Crippen LogP contribution in [-0.4, -0.2) is 53.7 Å². The first-order valence-corrected chi connectivity index (χ1v) is 7.98. The van der Waals surface area contributed by atoms with Crippen molar-refractivity contribution in [1.29, 1.82) is 0 Å². The third-order valence-electron chi connectivity index (χ3n) is 5.09. The minimum atomic E-state index is -0.683. The fourth-order valence-corrected chi connectivity index (χ4v) is 3.80. The molecule has 2 atom stereocenters. The Bertz CT molecular complexity index is 430. The zero-order valence-electron chi connectivity index (χ0n) is 12.5. The van der Waals surface area contributed by atoms with Crippen LogP contribution in [0.5, 0.6) is 0 Å². The van der Waals surface area contributed by atoms with Gasteiger partial charge in [-0.1, -0.05) is 37.3 Å². The summed E-state index contributed by atoms with van der Waals surface area (Å²) in [5.41, 5.74) is 0.407. The minimum absolute atomic E-state index is 0.237. The lowest BCUT2D eigenvalue weighted by Crippen LogP contribution is -2.60. The zero-order valence-corrected chi connectivity index (χ0v) is 12.5. The standard InChI is InChI=1S/C17H26N2O/c1-2-18-13-10-17(20,15-8-4-3-5-9-15)16(14-18)19-11-6-7-12-19/h3-5,8-9,16,20H,2,6-7,10-14H2,1H3/t16-,17+/m1/s1. The van der Waals surface area contributed by atoms with Crippen LogP contribution in [0.4, 0.5) is 0 Å². The summed E-state index contributed by atoms with van der Waals surface area (Å²) in [4.78, 5) is 4.98. The third-order valence-corrected chi connectivity index (χ3v) is 5.09. The van der Waals surface area contributed by atoms with E-state index in [1.165, 1.54) is 12.8 Å². The Hall–Kier alpha value is -0.900. The Morgan fingerprint density at radius 1 is 1.15 bits per heavy atom. The van der Waals surface area contributed by atoms with Crippen molar-refractivity contribution in [3.05, 3.63) is 35.9 Å². The summed E-state index contributed by atoms with van der Waals surface area (Å²) in [6.07, 6.45) is 3.38. The minimum Gasteiger partial charge on any atom is -0.383 e. The lowest BCUT2D eigenvalue weighted by atomic mass is 9.79. The van der Waals surface area contributed by atoms with Gasteiger partial charge in [-0.15, -0.1) is 0 Å². The van der Waals surface area contributed by atoms with Gasteiger partial charge in [-0.25, -0.2) is 0 Å². The molecule has 20 heavy (non-hydrogen) atoms. The van der Waals surface area contributed by atoms with Crippen molar-refractivity contribution in [2.75, 3.05) is 32.7 Å². The molecule has 0 aliphatic carbocycles. The van der Waals surface area contributed by atoms with Crippen LogP contribution in [0.15, 0.2) is 30.3 Å². The smallest absolute Gasteiger partial charge is 0.108 e. The van der Waals surface area contributed by atoms with Crippen molar-refractivity contribution in [3.63, 3.8) is 0 Å². The van der Waals surface area contributed by atoms with Gasteiger partial charge in [0.2, 0.25) is 0 Å². The van der Waals surface area contributed by atoms with Crippen LogP contribution < -0.4 is 0 Å². The lowest BCUT2D eigenvalue weighted by Gasteiger charge is -2.48. The molecular formula is C17H26N2O. The summed E-state index contributed by atoms with van der Waals surface area (Å²) in [6.45, 7) is 7.55. The predicted molar refractivity (Wildman–Crippen MR) is 81.7 cm³/mol. The van der Waals surface area contributed by atoms with Gasteiger partial charge in [0, 0.05) is 13.1 Å². The van der Waals surface area contributed by atoms with Crippen molar-refractivity contribution in [2.45, 2.75) is 37.8 Å². The maximum atomic E-state index is 11.4. The summed E-state index contributed by atoms with van der Waals surface area (Å²) in [6, 6.07) is 10.5. The largest absolute Gasteiger partial charge is 0.383 e. The topological polar surface area (TPSA) is 26.7 Å². The second-order valence-corrected chi connectivity index (χ2v) is 6.19. The van der Waals surface area contributed by atoms with Gasteiger partial charge in [-0.2, -0.15) is 0 Å². The average molecular weight is 274 g/mol. The quantitative estimate of drug-likeness (QED) is 0.914. The number of likely N-dealkylation sites (N-methyl/N-ethyl adjacent to an activating group) is 1. The fourth-order valence-electron chi connectivity index (χ4n) is 3.80. The Morgan fingerprint density at radius 3 is 2.50 bits per heavy atom. The van der Waals surface area contributed by atoms with E-state index in [0.717, 1.165) is 44.7 Å². The second-order valence-electron chi connectivity index (χ2n) is 6.19. The molecule has 2 heterocycles. The van der Waals surface area contributed by atoms with Crippen LogP contribution in [0.25, 0.3) is 0 Å². The van der Waals surface area contributed by atoms with E-state index in [-0.39, 0.29) is 6.04 Å². The third kappa shape index (κ3) is 2.50. The van der Waals surface area contributed by atoms with Crippen LogP contribution in [-0.2, 0) is 5.60 Å². The highest BCUT2D eigenvalue weighted by atomic mass is 16.3. The average Bonchev–Trinajstić information content (AvgIpc) is 3.03. The summed E-state index contributed by atoms with van der Waals surface area (Å²) in [5, 5.41) is 11.4. The molecule has 1 aromatic rings. The summed E-state index contributed by atoms with van der Waals surface area (Å²) >= 11 is 0. The highest BCUT2D eigenvalue weighted by Crippen LogP contribution is 2.37. The Balaban J connectivity index is 1.90. The number of rotatable bonds is 3. The van der Waals surface area contributed by atoms with E-state index in [9.17, 15) is 5.11 Å². The van der Waals surface area contributed by atoms with Crippen molar-refractivity contribution >= 4 is 0 Å². The molecule has 1 aromatic carbocycles. The molecule has 3 nitrogen and oxygen atoms in total. The maximum absolute atomic E-state index is 11.4. The molecule has 0 unspecified atom stereocenters. The molecule has 2 aliphatic rings. The maximum Gasteiger partial charge on any atom is 0.108 e. The van der Waals surface area contributed by atoms with Crippen LogP contribution in [0.1, 0.15) is 31.7 Å². The fraction of sp³-hybridized carbons (Fsp3) is 0.647. The molecule has 1 N–H and O–H groups in total. The van der Waals surface area contributed by atoms with Gasteiger partial charge < -0.3 is 10.0 Å². The van der Waals surface area contributed by atoms with Gasteiger partial charge in [0.25, 0.3) is 0 Å². The van der Waals surface area contributed by atoms with E-state index in [0.29, 0.717) is 0 Å². The van der Waals surface area contributed by atoms with E-state index >= 15 is 0 Å². The molecule has 2 aliphatic heterocycles. The number of aliphatic hydroxyl groups is 1. The molecule has 110 valence electrons. The Labute approximate surface area is 122 Å². The Morgan fingerprint density at radius 2 is 1.85 bits per heavy atom. The summed E-state index contributed by atoms with van der Waals surface area (Å²) < 4.78 is 0. The first-order valence-electron chi connectivity index (χ1n) is 7.98. The van der Waals surface area contributed by atoms with Gasteiger partial charge in [-0.3, -0.25) is 4.90 Å². The van der Waals surface area contributed by atoms with Gasteiger partial charge in [0.05, 0.1) is 6.04 Å². The van der Waals surface area contributed by atoms with Crippen LogP contribution in [0.3, 0.4) is 0 Å². The van der Waals surface area contributed by atoms with Crippen LogP contribution in [0.2, 0.25) is 0 Å². The predicted octanol–water partition coefficient (Wildman–Crippen LogP) is 2.06. The van der Waals surface area contributed by atoms with Gasteiger partial charge in [-0.05, 0) is 44.5 Å². The monoisotopic (exact) mass is 274 g/mol. The SMILES string of the molecule is CCN1CC[C@](O)(c2ccccc2)[C@H](N2CCCC2)C1. The molecule has 0 spiro atoms. The van der Waals surface area contributed by atoms with Crippen molar-refractivity contribution in [1.82, 2.24) is 9.80 Å². The van der Waals surface area contributed by atoms with E-state index in [1.807, 2.05) is 18.2 Å². The van der Waals surface area contributed by atoms with Gasteiger partial charge in [0.1, 0.15) is 5.60 Å². The second kappa shape index (κ2) is 5.84. The molecule has 0 bridgehead atoms. The number of likely N-dealkylation sites (tertiary alicyclic amines) is 2. The number of benzene rings is 1. The number of nitrogens with zero attached hydrogens (tertiary/aromatic N) is 2. The molecular weight excluding hydrogens is 248 g/mol. The van der Waals surface area contributed by atoms with Crippen molar-refractivity contribution < 1.29 is 5.11 Å². The first kappa shape index (κ1) is 14.1. The molecule has 2 saturated heterocycles. The highest BCUT2D eigenvalue weighted by molar-refractivity contribution is 5.26. The van der Waals surface area contributed by atoms with E-state index < -0.39 is 5.60 Å². The van der Waals surface area contributed by atoms with Crippen LogP contribution >= 0.6 is 0 Å². The molecule has 0 radical (unpaired) electrons. The Kier molecular flexibility index (Phi) is 4.11. The number of piperidine rings is 1. The van der Waals surface area contributed by atoms with E-state index in [4.69, 9.17) is 0 Å². The highest BCUT2D eigenvalue weighted by Gasteiger charge is 2.45. The number of hydrogen-bond donors (Lipinski definition) is 1. The summed E-state index contributed by atoms with van der Waals surface area (Å²) in [7, 11) is 0. The van der Waals surface area contributed by atoms with Crippen molar-refractivity contribution in [2.24, 2.45) is 0 Å². The first-order chi connectivity index (χ1) is 9.74. The van der Waals surface area contributed by atoms with E-state index in [2.05, 4.69) is 28.9 Å². The molecule has 2 fully saturated rings. The molecule has 0 saturated carbocycles. The zero-order chi connectivity index (χ0) is 14.0. The van der Waals surface area contributed by atoms with E-state index in [1.54, 1.807) is 0 Å². The van der Waals surface area contributed by atoms with Gasteiger partial charge >= 0.3 is 0 Å². The van der Waals surface area contributed by atoms with Crippen LogP contribution in [0, 0.1) is 0 Å².